The Morgan fingerprint density at radius 1 is 0.415 bits per heavy atom. The lowest BCUT2D eigenvalue weighted by molar-refractivity contribution is -0.153. The zero-order valence-electron chi connectivity index (χ0n) is 69.1. The van der Waals surface area contributed by atoms with Crippen LogP contribution in [-0.4, -0.2) is 349 Å². The maximum atomic E-state index is 15.2. The minimum Gasteiger partial charge on any atom is -0.508 e. The van der Waals surface area contributed by atoms with Crippen LogP contribution in [-0.2, 0) is 93.1 Å². The second-order valence-corrected chi connectivity index (χ2v) is 35.8. The van der Waals surface area contributed by atoms with Gasteiger partial charge in [-0.1, -0.05) is 71.7 Å². The Morgan fingerprint density at radius 2 is 0.700 bits per heavy atom. The Balaban J connectivity index is 0.661. The van der Waals surface area contributed by atoms with Crippen LogP contribution in [0.15, 0.2) is 122 Å². The molecule has 6 aromatic rings. The van der Waals surface area contributed by atoms with Crippen molar-refractivity contribution in [1.82, 2.24) is 137 Å². The number of imide groups is 3. The Hall–Kier alpha value is -13.6. The van der Waals surface area contributed by atoms with E-state index < -0.39 is 159 Å². The third-order valence-electron chi connectivity index (χ3n) is 22.0. The number of rotatable bonds is 29. The number of carboxylic acids is 1. The summed E-state index contributed by atoms with van der Waals surface area (Å²) in [6.45, 7) is 4.52. The summed E-state index contributed by atoms with van der Waals surface area (Å²) < 4.78 is 16.1. The molecule has 6 fully saturated rings. The van der Waals surface area contributed by atoms with E-state index in [4.69, 9.17) is 9.47 Å². The van der Waals surface area contributed by atoms with E-state index in [0.717, 1.165) is 85.3 Å². The molecular weight excluding hydrogens is 1820 g/mol. The van der Waals surface area contributed by atoms with E-state index in [1.165, 1.54) is 102 Å². The minimum atomic E-state index is -1.84. The third kappa shape index (κ3) is 18.1. The Kier molecular flexibility index (Phi) is 26.9. The van der Waals surface area contributed by atoms with Crippen molar-refractivity contribution < 1.29 is 106 Å². The van der Waals surface area contributed by atoms with E-state index in [2.05, 4.69) is 78.5 Å². The second kappa shape index (κ2) is 38.4. The number of ether oxygens (including phenoxy) is 2. The molecule has 3 aromatic heterocycles. The van der Waals surface area contributed by atoms with Gasteiger partial charge in [0.1, 0.15) is 86.7 Å². The van der Waals surface area contributed by atoms with E-state index >= 15 is 4.79 Å². The van der Waals surface area contributed by atoms with Gasteiger partial charge in [0, 0.05) is 115 Å². The SMILES string of the molecule is CCN1CCN(C(=O)N[C@@H](C(=O)N[C@@H]2C(=O)N3C(C(=O)O)=C(CSc4nnnn4C)CS[C@H]23)c2ccc(OC(=O)C3=C(CSc4nnnn4C)CS[C@@H]4[C@H](NC(=O)[C@H](NC(=O)N5CCN(CC)C(=O)C5=O)c5ccc(OC(=O)C6=C(CSc7nnnn7C)CS[C@@H]7[C@H](NC(=O)[C@H](NC(=O)N8CCN(CC)C(=O)C8=O)c8ccc(O)cc8)C(=O)N67)cc5)C(=O)N34)cc2)C(=O)C1=O. The van der Waals surface area contributed by atoms with E-state index in [1.54, 1.807) is 41.9 Å². The van der Waals surface area contributed by atoms with Crippen molar-refractivity contribution in [1.29, 1.82) is 0 Å². The number of carbonyl (C=O) groups excluding carboxylic acids is 17. The number of piperazine rings is 3. The molecule has 130 heavy (non-hydrogen) atoms. The number of β-lactam (4-membered cyclic amide) rings is 3. The number of hydrogen-bond acceptors (Lipinski definition) is 36. The molecule has 18 amide bonds. The van der Waals surface area contributed by atoms with Crippen molar-refractivity contribution >= 4 is 177 Å². The number of nitrogens with one attached hydrogen (secondary N) is 6. The number of aromatic hydroxyl groups is 1. The maximum Gasteiger partial charge on any atom is 0.360 e. The van der Waals surface area contributed by atoms with Crippen molar-refractivity contribution in [2.45, 2.75) is 88.6 Å². The molecule has 12 heterocycles. The van der Waals surface area contributed by atoms with Gasteiger partial charge in [-0.15, -0.1) is 50.6 Å². The van der Waals surface area contributed by atoms with Gasteiger partial charge in [0.2, 0.25) is 33.2 Å². The molecule has 0 unspecified atom stereocenters. The predicted octanol–water partition coefficient (Wildman–Crippen LogP) is -3.08. The fourth-order valence-corrected chi connectivity index (χ4v) is 22.0. The van der Waals surface area contributed by atoms with Crippen molar-refractivity contribution in [3.63, 3.8) is 0 Å². The molecule has 0 spiro atoms. The number of fused-ring (bicyclic) bond motifs is 3. The molecule has 49 nitrogen and oxygen atoms in total. The lowest BCUT2D eigenvalue weighted by Crippen LogP contribution is -2.71. The van der Waals surface area contributed by atoms with Gasteiger partial charge in [0.15, 0.2) is 0 Å². The first kappa shape index (κ1) is 91.2. The summed E-state index contributed by atoms with van der Waals surface area (Å²) >= 11 is 6.76. The number of likely N-dealkylation sites (N-methyl/N-ethyl adjacent to an activating group) is 3. The van der Waals surface area contributed by atoms with Gasteiger partial charge >= 0.3 is 71.4 Å². The molecule has 0 bridgehead atoms. The number of urea groups is 3. The molecule has 15 rings (SSSR count). The van der Waals surface area contributed by atoms with Crippen LogP contribution in [0.1, 0.15) is 55.6 Å². The number of benzene rings is 3. The highest BCUT2D eigenvalue weighted by atomic mass is 32.2. The molecule has 9 aliphatic heterocycles. The van der Waals surface area contributed by atoms with Crippen LogP contribution in [0.2, 0.25) is 0 Å². The number of carbonyl (C=O) groups is 18. The number of aryl methyl sites for hydroxylation is 3. The number of tetrazole rings is 3. The summed E-state index contributed by atoms with van der Waals surface area (Å²) in [5, 5.41) is 68.4. The summed E-state index contributed by atoms with van der Waals surface area (Å²) in [6.07, 6.45) is 0. The highest BCUT2D eigenvalue weighted by molar-refractivity contribution is 8.01. The first-order valence-corrected chi connectivity index (χ1v) is 45.8. The molecule has 9 atom stereocenters. The average Bonchev–Trinajstić information content (AvgIpc) is 0.849. The lowest BCUT2D eigenvalue weighted by atomic mass is 10.0. The second-order valence-electron chi connectivity index (χ2n) is 29.7. The number of thioether (sulfide) groups is 6. The third-order valence-corrected chi connectivity index (χ3v) is 29.3. The van der Waals surface area contributed by atoms with Crippen LogP contribution in [0.4, 0.5) is 14.4 Å². The zero-order chi connectivity index (χ0) is 92.5. The topological polar surface area (TPSA) is 598 Å². The van der Waals surface area contributed by atoms with E-state index in [0.29, 0.717) is 46.9 Å². The van der Waals surface area contributed by atoms with Crippen molar-refractivity contribution in [2.24, 2.45) is 21.1 Å². The Labute approximate surface area is 759 Å². The summed E-state index contributed by atoms with van der Waals surface area (Å²) in [4.78, 5) is 261. The lowest BCUT2D eigenvalue weighted by Gasteiger charge is -2.50. The van der Waals surface area contributed by atoms with Crippen LogP contribution in [0, 0.1) is 0 Å². The number of hydrogen-bond donors (Lipinski definition) is 8. The molecule has 680 valence electrons. The highest BCUT2D eigenvalue weighted by Gasteiger charge is 2.59. The number of esters is 2. The van der Waals surface area contributed by atoms with Crippen LogP contribution in [0.5, 0.6) is 17.2 Å². The van der Waals surface area contributed by atoms with E-state index in [9.17, 15) is 91.7 Å². The molecular formula is C75H77N27O22S6. The average molecular weight is 1900 g/mol. The van der Waals surface area contributed by atoms with E-state index in [-0.39, 0.29) is 144 Å². The zero-order valence-corrected chi connectivity index (χ0v) is 74.0. The standard InChI is InChI=1S/C75H77N27O22S6/c1-7-94-22-25-97(61(113)58(94)110)70(120)79-43(34-10-16-40(103)17-11-34)52(104)77-47-56(108)101-50(38(29-126-65(47)101)32-129-74-83-86-89-92(74)5)68(118)124-42-20-14-36(15-21-42)45(81-72(122)99-27-24-96(9-3)60(112)63(99)115)54(106)78-48-57(109)102-51(39(30-127-66(48)102)33-130-75-84-87-90-93(75)6)69(119)123-41-18-12-35(13-19-41)44(80-71(121)98-26-23-95(8-2)59(111)62(98)114)53(105)76-46-55(107)100-49(67(116)117)37(28-125-64(46)100)31-128-73-82-85-88-91(73)4/h10-21,43-48,64-66,103H,7-9,22-33H2,1-6H3,(H,76,105)(H,77,104)(H,78,106)(H,79,120)(H,80,121)(H,81,122)(H,116,117)/t43-,44-,45-,46-,47-,48-,64-,65-,66-/m1/s1. The molecule has 0 aliphatic carbocycles. The van der Waals surface area contributed by atoms with Gasteiger partial charge in [-0.2, -0.15) is 0 Å². The number of amides is 18. The van der Waals surface area contributed by atoms with Gasteiger partial charge in [-0.25, -0.2) is 42.8 Å². The normalized spacial score (nSPS) is 21.1. The van der Waals surface area contributed by atoms with Gasteiger partial charge in [0.25, 0.3) is 17.7 Å². The van der Waals surface area contributed by atoms with Gasteiger partial charge in [-0.3, -0.25) is 86.9 Å². The largest absolute Gasteiger partial charge is 0.508 e. The molecule has 55 heteroatoms. The van der Waals surface area contributed by atoms with Crippen LogP contribution in [0.3, 0.4) is 0 Å². The van der Waals surface area contributed by atoms with Gasteiger partial charge in [-0.05, 0) is 122 Å². The number of carboxylic acid groups (broad SMARTS) is 1. The first-order chi connectivity index (χ1) is 62.4. The Morgan fingerprint density at radius 3 is 0.977 bits per heavy atom. The van der Waals surface area contributed by atoms with Crippen molar-refractivity contribution in [3.05, 3.63) is 123 Å². The van der Waals surface area contributed by atoms with Crippen LogP contribution in [0.25, 0.3) is 0 Å². The fourth-order valence-electron chi connectivity index (χ4n) is 15.0. The number of aliphatic carboxylic acids is 1. The maximum absolute atomic E-state index is 15.2. The molecule has 6 saturated heterocycles. The van der Waals surface area contributed by atoms with Gasteiger partial charge in [0.05, 0.1) is 0 Å². The predicted molar refractivity (Wildman–Crippen MR) is 450 cm³/mol. The summed E-state index contributed by atoms with van der Waals surface area (Å²) in [5.41, 5.74) is 0.193. The van der Waals surface area contributed by atoms with Crippen LogP contribution >= 0.6 is 70.6 Å². The quantitative estimate of drug-likeness (QED) is 0.00759. The number of aromatic nitrogens is 12. The van der Waals surface area contributed by atoms with Crippen molar-refractivity contribution in [3.8, 4) is 17.2 Å². The molecule has 0 saturated carbocycles. The summed E-state index contributed by atoms with van der Waals surface area (Å²) in [6, 6.07) is 2.18. The minimum absolute atomic E-state index is 0.00641. The molecule has 9 aliphatic rings. The number of nitrogens with zero attached hydrogens (tertiary/aromatic N) is 21. The first-order valence-electron chi connectivity index (χ1n) is 39.7. The van der Waals surface area contributed by atoms with E-state index in [1.807, 2.05) is 0 Å². The van der Waals surface area contributed by atoms with Crippen LogP contribution < -0.4 is 41.4 Å². The molecule has 3 aromatic carbocycles. The summed E-state index contributed by atoms with van der Waals surface area (Å²) in [5.74, 6) is -16.1. The molecule has 0 radical (unpaired) electrons. The summed E-state index contributed by atoms with van der Waals surface area (Å²) in [7, 11) is 4.73. The monoisotopic (exact) mass is 1900 g/mol. The van der Waals surface area contributed by atoms with Gasteiger partial charge < -0.3 is 66.3 Å². The highest BCUT2D eigenvalue weighted by Crippen LogP contribution is 2.46. The molecule has 8 N–H and O–H groups in total. The Bertz CT molecular complexity index is 5810. The number of phenolic OH excluding ortho intramolecular Hbond substituents is 1. The number of phenols is 1. The fraction of sp³-hybridized carbons (Fsp3) is 0.400. The smallest absolute Gasteiger partial charge is 0.360 e. The van der Waals surface area contributed by atoms with Crippen molar-refractivity contribution in [2.75, 3.05) is 93.4 Å².